The molecule has 0 aliphatic carbocycles. The molecule has 0 unspecified atom stereocenters. The van der Waals surface area contributed by atoms with Crippen molar-refractivity contribution in [2.24, 2.45) is 0 Å². The second-order valence-electron chi connectivity index (χ2n) is 5.04. The maximum Gasteiger partial charge on any atom is 0.128 e. The molecule has 0 spiro atoms. The van der Waals surface area contributed by atoms with Crippen molar-refractivity contribution < 1.29 is 4.39 Å². The minimum absolute atomic E-state index is 0.139. The summed E-state index contributed by atoms with van der Waals surface area (Å²) in [5.41, 5.74) is 1.56. The quantitative estimate of drug-likeness (QED) is 0.880. The molecule has 1 aliphatic heterocycles. The fraction of sp³-hybridized carbons (Fsp3) is 0.571. The fourth-order valence-electron chi connectivity index (χ4n) is 2.13. The van der Waals surface area contributed by atoms with E-state index in [9.17, 15) is 4.39 Å². The summed E-state index contributed by atoms with van der Waals surface area (Å²) in [5.74, 6) is -0.139. The number of hydrogen-bond acceptors (Lipinski definition) is 3. The van der Waals surface area contributed by atoms with Crippen LogP contribution in [-0.2, 0) is 0 Å². The highest BCUT2D eigenvalue weighted by Gasteiger charge is 2.12. The predicted octanol–water partition coefficient (Wildman–Crippen LogP) is 1.79. The Morgan fingerprint density at radius 2 is 1.94 bits per heavy atom. The van der Waals surface area contributed by atoms with Crippen LogP contribution in [0.15, 0.2) is 18.2 Å². The van der Waals surface area contributed by atoms with Crippen LogP contribution in [0.4, 0.5) is 10.1 Å². The van der Waals surface area contributed by atoms with Gasteiger partial charge in [-0.25, -0.2) is 4.39 Å². The standard InChI is InChI=1S/C14H22FN3/c1-12-3-4-13(11-14(12)15)16-5-6-18-9-7-17(2)8-10-18/h3-4,11,16H,5-10H2,1-2H3. The Morgan fingerprint density at radius 3 is 2.61 bits per heavy atom. The van der Waals surface area contributed by atoms with Gasteiger partial charge in [-0.15, -0.1) is 0 Å². The van der Waals surface area contributed by atoms with Gasteiger partial charge in [-0.1, -0.05) is 6.07 Å². The maximum atomic E-state index is 13.3. The number of hydrogen-bond donors (Lipinski definition) is 1. The van der Waals surface area contributed by atoms with E-state index >= 15 is 0 Å². The van der Waals surface area contributed by atoms with E-state index in [2.05, 4.69) is 22.2 Å². The van der Waals surface area contributed by atoms with Crippen LogP contribution in [0.25, 0.3) is 0 Å². The summed E-state index contributed by atoms with van der Waals surface area (Å²) in [4.78, 5) is 4.79. The number of halogens is 1. The van der Waals surface area contributed by atoms with Gasteiger partial charge in [0.1, 0.15) is 5.82 Å². The minimum atomic E-state index is -0.139. The van der Waals surface area contributed by atoms with Crippen LogP contribution in [0.5, 0.6) is 0 Å². The zero-order chi connectivity index (χ0) is 13.0. The van der Waals surface area contributed by atoms with E-state index in [0.717, 1.165) is 45.0 Å². The summed E-state index contributed by atoms with van der Waals surface area (Å²) in [6, 6.07) is 5.31. The maximum absolute atomic E-state index is 13.3. The van der Waals surface area contributed by atoms with Crippen LogP contribution in [0, 0.1) is 12.7 Å². The number of anilines is 1. The number of aryl methyl sites for hydroxylation is 1. The molecule has 3 nitrogen and oxygen atoms in total. The highest BCUT2D eigenvalue weighted by Crippen LogP contribution is 2.13. The first-order valence-electron chi connectivity index (χ1n) is 6.56. The average molecular weight is 251 g/mol. The zero-order valence-electron chi connectivity index (χ0n) is 11.2. The molecule has 0 radical (unpaired) electrons. The Balaban J connectivity index is 1.73. The van der Waals surface area contributed by atoms with E-state index in [4.69, 9.17) is 0 Å². The summed E-state index contributed by atoms with van der Waals surface area (Å²) < 4.78 is 13.3. The molecule has 2 rings (SSSR count). The molecule has 1 fully saturated rings. The Hall–Kier alpha value is -1.13. The molecule has 1 aliphatic rings. The van der Waals surface area contributed by atoms with Crippen LogP contribution in [0.2, 0.25) is 0 Å². The van der Waals surface area contributed by atoms with Crippen LogP contribution < -0.4 is 5.32 Å². The Labute approximate surface area is 109 Å². The van der Waals surface area contributed by atoms with E-state index in [-0.39, 0.29) is 5.82 Å². The topological polar surface area (TPSA) is 18.5 Å². The molecular formula is C14H22FN3. The average Bonchev–Trinajstić information content (AvgIpc) is 2.36. The third-order valence-corrected chi connectivity index (χ3v) is 3.52. The van der Waals surface area contributed by atoms with Gasteiger partial charge in [0, 0.05) is 45.0 Å². The highest BCUT2D eigenvalue weighted by molar-refractivity contribution is 5.45. The molecule has 1 saturated heterocycles. The van der Waals surface area contributed by atoms with E-state index in [1.807, 2.05) is 12.1 Å². The van der Waals surface area contributed by atoms with Gasteiger partial charge >= 0.3 is 0 Å². The van der Waals surface area contributed by atoms with Crippen molar-refractivity contribution in [2.45, 2.75) is 6.92 Å². The molecule has 1 heterocycles. The van der Waals surface area contributed by atoms with Crippen molar-refractivity contribution in [3.63, 3.8) is 0 Å². The molecule has 18 heavy (non-hydrogen) atoms. The lowest BCUT2D eigenvalue weighted by Crippen LogP contribution is -2.45. The third kappa shape index (κ3) is 3.68. The second kappa shape index (κ2) is 6.16. The number of piperazine rings is 1. The summed E-state index contributed by atoms with van der Waals surface area (Å²) >= 11 is 0. The van der Waals surface area contributed by atoms with Crippen LogP contribution in [0.1, 0.15) is 5.56 Å². The number of rotatable bonds is 4. The lowest BCUT2D eigenvalue weighted by Gasteiger charge is -2.32. The van der Waals surface area contributed by atoms with Gasteiger partial charge in [0.25, 0.3) is 0 Å². The largest absolute Gasteiger partial charge is 0.384 e. The number of nitrogens with one attached hydrogen (secondary N) is 1. The summed E-state index contributed by atoms with van der Waals surface area (Å²) in [6.07, 6.45) is 0. The zero-order valence-corrected chi connectivity index (χ0v) is 11.2. The van der Waals surface area contributed by atoms with Gasteiger partial charge in [0.05, 0.1) is 0 Å². The van der Waals surface area contributed by atoms with Gasteiger partial charge in [-0.05, 0) is 31.7 Å². The number of nitrogens with zero attached hydrogens (tertiary/aromatic N) is 2. The minimum Gasteiger partial charge on any atom is -0.384 e. The van der Waals surface area contributed by atoms with E-state index in [1.165, 1.54) is 0 Å². The Kier molecular flexibility index (Phi) is 4.55. The predicted molar refractivity (Wildman–Crippen MR) is 73.6 cm³/mol. The van der Waals surface area contributed by atoms with Crippen LogP contribution in [-0.4, -0.2) is 56.1 Å². The normalized spacial score (nSPS) is 17.9. The van der Waals surface area contributed by atoms with Crippen LogP contribution in [0.3, 0.4) is 0 Å². The molecule has 0 bridgehead atoms. The fourth-order valence-corrected chi connectivity index (χ4v) is 2.13. The highest BCUT2D eigenvalue weighted by atomic mass is 19.1. The van der Waals surface area contributed by atoms with Crippen molar-refractivity contribution in [3.05, 3.63) is 29.6 Å². The molecule has 0 saturated carbocycles. The molecule has 4 heteroatoms. The number of benzene rings is 1. The lowest BCUT2D eigenvalue weighted by molar-refractivity contribution is 0.158. The third-order valence-electron chi connectivity index (χ3n) is 3.52. The molecular weight excluding hydrogens is 229 g/mol. The van der Waals surface area contributed by atoms with Crippen molar-refractivity contribution in [1.82, 2.24) is 9.80 Å². The summed E-state index contributed by atoms with van der Waals surface area (Å²) in [5, 5.41) is 3.28. The first-order chi connectivity index (χ1) is 8.65. The van der Waals surface area contributed by atoms with E-state index < -0.39 is 0 Å². The smallest absolute Gasteiger partial charge is 0.128 e. The molecule has 1 aromatic rings. The van der Waals surface area contributed by atoms with Crippen LogP contribution >= 0.6 is 0 Å². The van der Waals surface area contributed by atoms with E-state index in [1.54, 1.807) is 13.0 Å². The van der Waals surface area contributed by atoms with Crippen molar-refractivity contribution >= 4 is 5.69 Å². The van der Waals surface area contributed by atoms with Crippen molar-refractivity contribution in [3.8, 4) is 0 Å². The number of likely N-dealkylation sites (N-methyl/N-ethyl adjacent to an activating group) is 1. The van der Waals surface area contributed by atoms with Gasteiger partial charge < -0.3 is 10.2 Å². The van der Waals surface area contributed by atoms with Gasteiger partial charge in [-0.2, -0.15) is 0 Å². The molecule has 0 amide bonds. The monoisotopic (exact) mass is 251 g/mol. The summed E-state index contributed by atoms with van der Waals surface area (Å²) in [6.45, 7) is 8.19. The van der Waals surface area contributed by atoms with E-state index in [0.29, 0.717) is 5.56 Å². The lowest BCUT2D eigenvalue weighted by atomic mass is 10.2. The molecule has 100 valence electrons. The molecule has 0 aromatic heterocycles. The molecule has 1 aromatic carbocycles. The van der Waals surface area contributed by atoms with Crippen molar-refractivity contribution in [2.75, 3.05) is 51.6 Å². The van der Waals surface area contributed by atoms with Gasteiger partial charge in [0.2, 0.25) is 0 Å². The molecule has 1 N–H and O–H groups in total. The van der Waals surface area contributed by atoms with Gasteiger partial charge in [-0.3, -0.25) is 4.90 Å². The second-order valence-corrected chi connectivity index (χ2v) is 5.04. The first-order valence-corrected chi connectivity index (χ1v) is 6.56. The van der Waals surface area contributed by atoms with Gasteiger partial charge in [0.15, 0.2) is 0 Å². The Bertz CT molecular complexity index is 387. The summed E-state index contributed by atoms with van der Waals surface area (Å²) in [7, 11) is 2.16. The Morgan fingerprint density at radius 1 is 1.22 bits per heavy atom. The first kappa shape index (κ1) is 13.3. The van der Waals surface area contributed by atoms with Crippen molar-refractivity contribution in [1.29, 1.82) is 0 Å². The SMILES string of the molecule is Cc1ccc(NCCN2CCN(C)CC2)cc1F. The molecule has 0 atom stereocenters.